The molecule has 28 heavy (non-hydrogen) atoms. The molecule has 0 aliphatic carbocycles. The highest BCUT2D eigenvalue weighted by Crippen LogP contribution is 2.32. The van der Waals surface area contributed by atoms with Crippen LogP contribution in [-0.2, 0) is 11.3 Å². The summed E-state index contributed by atoms with van der Waals surface area (Å²) >= 11 is 0. The number of aryl methyl sites for hydroxylation is 1. The Morgan fingerprint density at radius 3 is 2.71 bits per heavy atom. The van der Waals surface area contributed by atoms with Crippen LogP contribution < -0.4 is 19.1 Å². The van der Waals surface area contributed by atoms with Gasteiger partial charge in [0.25, 0.3) is 5.91 Å². The molecule has 1 amide bonds. The molecule has 0 spiro atoms. The molecule has 2 aromatic rings. The number of nitrogens with one attached hydrogen (secondary N) is 1. The van der Waals surface area contributed by atoms with Crippen molar-refractivity contribution in [3.63, 3.8) is 0 Å². The van der Waals surface area contributed by atoms with Crippen molar-refractivity contribution in [1.29, 1.82) is 0 Å². The Bertz CT molecular complexity index is 860. The van der Waals surface area contributed by atoms with E-state index in [0.29, 0.717) is 6.79 Å². The number of carbonyl (C=O) groups excluding carboxylic acids is 1. The van der Waals surface area contributed by atoms with E-state index >= 15 is 0 Å². The van der Waals surface area contributed by atoms with E-state index in [1.54, 1.807) is 0 Å². The zero-order chi connectivity index (χ0) is 19.5. The summed E-state index contributed by atoms with van der Waals surface area (Å²) in [5.74, 6) is 2.50. The second-order valence-corrected chi connectivity index (χ2v) is 7.48. The van der Waals surface area contributed by atoms with Gasteiger partial charge >= 0.3 is 0 Å². The maximum atomic E-state index is 12.5. The van der Waals surface area contributed by atoms with Gasteiger partial charge in [0.15, 0.2) is 18.1 Å². The predicted octanol–water partition coefficient (Wildman–Crippen LogP) is 1.34. The van der Waals surface area contributed by atoms with Crippen molar-refractivity contribution >= 4 is 5.91 Å². The predicted molar refractivity (Wildman–Crippen MR) is 105 cm³/mol. The Kier molecular flexibility index (Phi) is 5.39. The van der Waals surface area contributed by atoms with E-state index < -0.39 is 0 Å². The minimum absolute atomic E-state index is 0.0584. The minimum Gasteiger partial charge on any atom is -0.483 e. The Morgan fingerprint density at radius 2 is 1.89 bits per heavy atom. The molecule has 4 rings (SSSR count). The molecule has 1 saturated heterocycles. The summed E-state index contributed by atoms with van der Waals surface area (Å²) in [5.41, 5.74) is 3.50. The average molecular weight is 383 g/mol. The smallest absolute Gasteiger partial charge is 0.260 e. The fourth-order valence-electron chi connectivity index (χ4n) is 3.70. The van der Waals surface area contributed by atoms with Gasteiger partial charge in [0, 0.05) is 5.56 Å². The number of hydrogen-bond acceptors (Lipinski definition) is 4. The Labute approximate surface area is 165 Å². The van der Waals surface area contributed by atoms with Gasteiger partial charge in [-0.1, -0.05) is 12.1 Å². The number of carbonyl (C=O) groups is 1. The van der Waals surface area contributed by atoms with Gasteiger partial charge in [-0.15, -0.1) is 0 Å². The summed E-state index contributed by atoms with van der Waals surface area (Å²) in [5, 5.41) is 0. The lowest BCUT2D eigenvalue weighted by molar-refractivity contribution is -0.917. The lowest BCUT2D eigenvalue weighted by atomic mass is 10.1. The van der Waals surface area contributed by atoms with Gasteiger partial charge in [-0.05, 0) is 49.2 Å². The third-order valence-corrected chi connectivity index (χ3v) is 5.62. The van der Waals surface area contributed by atoms with Gasteiger partial charge in [-0.2, -0.15) is 0 Å². The molecular formula is C22H27N2O4+. The molecule has 2 aliphatic heterocycles. The molecule has 148 valence electrons. The lowest BCUT2D eigenvalue weighted by Gasteiger charge is -2.32. The molecule has 0 unspecified atom stereocenters. The normalized spacial score (nSPS) is 16.3. The quantitative estimate of drug-likeness (QED) is 0.847. The van der Waals surface area contributed by atoms with Crippen molar-refractivity contribution in [2.45, 2.75) is 20.4 Å². The number of piperazine rings is 1. The van der Waals surface area contributed by atoms with Gasteiger partial charge in [-0.25, -0.2) is 0 Å². The Balaban J connectivity index is 1.25. The Morgan fingerprint density at radius 1 is 1.11 bits per heavy atom. The van der Waals surface area contributed by atoms with Crippen molar-refractivity contribution in [1.82, 2.24) is 4.90 Å². The highest BCUT2D eigenvalue weighted by Gasteiger charge is 2.25. The Hall–Kier alpha value is -2.73. The second kappa shape index (κ2) is 8.10. The molecule has 1 N–H and O–H groups in total. The van der Waals surface area contributed by atoms with E-state index in [2.05, 4.69) is 12.1 Å². The first-order chi connectivity index (χ1) is 13.6. The molecule has 1 fully saturated rings. The lowest BCUT2D eigenvalue weighted by Crippen LogP contribution is -3.13. The molecule has 0 saturated carbocycles. The van der Waals surface area contributed by atoms with Crippen molar-refractivity contribution in [3.8, 4) is 17.2 Å². The average Bonchev–Trinajstić information content (AvgIpc) is 3.17. The van der Waals surface area contributed by atoms with Crippen LogP contribution >= 0.6 is 0 Å². The standard InChI is InChI=1S/C22H26N2O4/c1-16-4-3-5-19(17(16)2)26-14-22(25)24-10-8-23(9-11-24)13-18-6-7-20-21(12-18)28-15-27-20/h3-7,12H,8-11,13-15H2,1-2H3/p+1. The van der Waals surface area contributed by atoms with Gasteiger partial charge in [0.05, 0.1) is 26.2 Å². The van der Waals surface area contributed by atoms with E-state index in [-0.39, 0.29) is 12.5 Å². The minimum atomic E-state index is 0.0584. The molecule has 2 aromatic carbocycles. The van der Waals surface area contributed by atoms with Crippen molar-refractivity contribution in [2.75, 3.05) is 39.6 Å². The van der Waals surface area contributed by atoms with Crippen molar-refractivity contribution < 1.29 is 23.9 Å². The van der Waals surface area contributed by atoms with E-state index in [4.69, 9.17) is 14.2 Å². The number of ether oxygens (including phenoxy) is 3. The number of benzene rings is 2. The van der Waals surface area contributed by atoms with E-state index in [1.165, 1.54) is 16.0 Å². The van der Waals surface area contributed by atoms with Crippen LogP contribution in [0, 0.1) is 13.8 Å². The van der Waals surface area contributed by atoms with Crippen LogP contribution in [0.5, 0.6) is 17.2 Å². The van der Waals surface area contributed by atoms with Gasteiger partial charge < -0.3 is 24.0 Å². The molecule has 6 heteroatoms. The number of nitrogens with zero attached hydrogens (tertiary/aromatic N) is 1. The SMILES string of the molecule is Cc1cccc(OCC(=O)N2CC[NH+](Cc3ccc4c(c3)OCO4)CC2)c1C. The van der Waals surface area contributed by atoms with Crippen LogP contribution in [-0.4, -0.2) is 50.4 Å². The fraction of sp³-hybridized carbons (Fsp3) is 0.409. The first-order valence-electron chi connectivity index (χ1n) is 9.79. The van der Waals surface area contributed by atoms with Crippen molar-refractivity contribution in [3.05, 3.63) is 53.1 Å². The molecule has 2 aliphatic rings. The van der Waals surface area contributed by atoms with E-state index in [9.17, 15) is 4.79 Å². The molecule has 0 bridgehead atoms. The summed E-state index contributed by atoms with van der Waals surface area (Å²) in [6.07, 6.45) is 0. The van der Waals surface area contributed by atoms with Crippen LogP contribution in [0.15, 0.2) is 36.4 Å². The summed E-state index contributed by atoms with van der Waals surface area (Å²) in [7, 11) is 0. The monoisotopic (exact) mass is 383 g/mol. The maximum Gasteiger partial charge on any atom is 0.260 e. The molecule has 0 radical (unpaired) electrons. The van der Waals surface area contributed by atoms with Gasteiger partial charge in [0.2, 0.25) is 6.79 Å². The number of hydrogen-bond donors (Lipinski definition) is 1. The molecular weight excluding hydrogens is 356 g/mol. The molecule has 6 nitrogen and oxygen atoms in total. The maximum absolute atomic E-state index is 12.5. The van der Waals surface area contributed by atoms with E-state index in [1.807, 2.05) is 43.0 Å². The third kappa shape index (κ3) is 4.07. The van der Waals surface area contributed by atoms with Gasteiger partial charge in [-0.3, -0.25) is 4.79 Å². The van der Waals surface area contributed by atoms with Crippen LogP contribution in [0.4, 0.5) is 0 Å². The zero-order valence-corrected chi connectivity index (χ0v) is 16.5. The van der Waals surface area contributed by atoms with Crippen LogP contribution in [0.25, 0.3) is 0 Å². The van der Waals surface area contributed by atoms with Gasteiger partial charge in [0.1, 0.15) is 12.3 Å². The molecule has 0 atom stereocenters. The topological polar surface area (TPSA) is 52.4 Å². The second-order valence-electron chi connectivity index (χ2n) is 7.48. The number of rotatable bonds is 5. The highest BCUT2D eigenvalue weighted by atomic mass is 16.7. The largest absolute Gasteiger partial charge is 0.483 e. The third-order valence-electron chi connectivity index (χ3n) is 5.62. The summed E-state index contributed by atoms with van der Waals surface area (Å²) in [6.45, 7) is 8.78. The summed E-state index contributed by atoms with van der Waals surface area (Å²) < 4.78 is 16.6. The zero-order valence-electron chi connectivity index (χ0n) is 16.5. The first kappa shape index (κ1) is 18.6. The van der Waals surface area contributed by atoms with Crippen LogP contribution in [0.2, 0.25) is 0 Å². The summed E-state index contributed by atoms with van der Waals surface area (Å²) in [4.78, 5) is 15.9. The van der Waals surface area contributed by atoms with E-state index in [0.717, 1.165) is 55.5 Å². The first-order valence-corrected chi connectivity index (χ1v) is 9.79. The highest BCUT2D eigenvalue weighted by molar-refractivity contribution is 5.77. The molecule has 0 aromatic heterocycles. The number of amides is 1. The summed E-state index contributed by atoms with van der Waals surface area (Å²) in [6, 6.07) is 12.1. The number of fused-ring (bicyclic) bond motifs is 1. The number of quaternary nitrogens is 1. The molecule has 2 heterocycles. The van der Waals surface area contributed by atoms with Crippen LogP contribution in [0.3, 0.4) is 0 Å². The van der Waals surface area contributed by atoms with Crippen molar-refractivity contribution in [2.24, 2.45) is 0 Å². The fourth-order valence-corrected chi connectivity index (χ4v) is 3.70. The van der Waals surface area contributed by atoms with Crippen LogP contribution in [0.1, 0.15) is 16.7 Å².